The van der Waals surface area contributed by atoms with Gasteiger partial charge in [-0.2, -0.15) is 0 Å². The minimum absolute atomic E-state index is 0.211. The van der Waals surface area contributed by atoms with Crippen molar-refractivity contribution in [1.82, 2.24) is 0 Å². The van der Waals surface area contributed by atoms with E-state index in [4.69, 9.17) is 10.8 Å². The van der Waals surface area contributed by atoms with E-state index in [1.54, 1.807) is 0 Å². The summed E-state index contributed by atoms with van der Waals surface area (Å²) in [6, 6.07) is 0. The molecular weight excluding hydrogens is 118 g/mol. The number of carbonyl (C=O) groups is 1. The summed E-state index contributed by atoms with van der Waals surface area (Å²) >= 11 is 0. The normalized spacial score (nSPS) is 26.1. The second-order valence-electron chi connectivity index (χ2n) is 1.83. The van der Waals surface area contributed by atoms with Gasteiger partial charge in [-0.05, 0) is 12.2 Å². The molecule has 0 spiro atoms. The summed E-state index contributed by atoms with van der Waals surface area (Å²) in [7, 11) is 0. The molecule has 9 heavy (non-hydrogen) atoms. The topological polar surface area (TPSA) is 63.3 Å². The van der Waals surface area contributed by atoms with Crippen LogP contribution in [0, 0.1) is 0 Å². The molecule has 0 aromatic rings. The van der Waals surface area contributed by atoms with Crippen molar-refractivity contribution in [3.8, 4) is 0 Å². The van der Waals surface area contributed by atoms with Gasteiger partial charge in [-0.15, -0.1) is 0 Å². The Morgan fingerprint density at radius 1 is 1.67 bits per heavy atom. The molecule has 0 amide bonds. The van der Waals surface area contributed by atoms with Gasteiger partial charge in [0.1, 0.15) is 0 Å². The van der Waals surface area contributed by atoms with Crippen LogP contribution in [0.3, 0.4) is 0 Å². The van der Waals surface area contributed by atoms with Crippen molar-refractivity contribution in [2.45, 2.75) is 6.10 Å². The highest BCUT2D eigenvalue weighted by molar-refractivity contribution is 5.96. The fraction of sp³-hybridized carbons (Fsp3) is 0.167. The summed E-state index contributed by atoms with van der Waals surface area (Å²) in [6.45, 7) is 0. The number of hydrogen-bond donors (Lipinski definition) is 2. The Kier molecular flexibility index (Phi) is 1.36. The summed E-state index contributed by atoms with van der Waals surface area (Å²) in [5.74, 6) is -0.352. The van der Waals surface area contributed by atoms with Crippen LogP contribution in [0.4, 0.5) is 0 Å². The maximum atomic E-state index is 10.5. The highest BCUT2D eigenvalue weighted by Gasteiger charge is 2.16. The summed E-state index contributed by atoms with van der Waals surface area (Å²) in [6.07, 6.45) is 3.20. The van der Waals surface area contributed by atoms with Crippen LogP contribution in [0.5, 0.6) is 0 Å². The number of aliphatic hydroxyl groups is 1. The standard InChI is InChI=1S/C6H7NO2/c7-4-2-1-3-5(8)6(4)9/h1-3,6,9H,7H2. The summed E-state index contributed by atoms with van der Waals surface area (Å²) in [5, 5.41) is 8.85. The molecule has 1 aliphatic carbocycles. The van der Waals surface area contributed by atoms with Gasteiger partial charge >= 0.3 is 0 Å². The third-order valence-electron chi connectivity index (χ3n) is 1.13. The average Bonchev–Trinajstić information content (AvgIpc) is 1.83. The van der Waals surface area contributed by atoms with Crippen molar-refractivity contribution in [2.24, 2.45) is 5.73 Å². The Hall–Kier alpha value is -1.09. The quantitative estimate of drug-likeness (QED) is 0.451. The van der Waals surface area contributed by atoms with Crippen LogP contribution in [-0.4, -0.2) is 17.0 Å². The molecule has 48 valence electrons. The Morgan fingerprint density at radius 3 is 2.78 bits per heavy atom. The second kappa shape index (κ2) is 2.03. The van der Waals surface area contributed by atoms with Crippen LogP contribution in [-0.2, 0) is 4.79 Å². The molecule has 3 nitrogen and oxygen atoms in total. The highest BCUT2D eigenvalue weighted by atomic mass is 16.3. The Balaban J connectivity index is 2.86. The van der Waals surface area contributed by atoms with Gasteiger partial charge in [0, 0.05) is 5.70 Å². The van der Waals surface area contributed by atoms with E-state index in [1.807, 2.05) is 0 Å². The maximum Gasteiger partial charge on any atom is 0.190 e. The zero-order chi connectivity index (χ0) is 6.85. The molecule has 1 atom stereocenters. The van der Waals surface area contributed by atoms with E-state index in [0.717, 1.165) is 0 Å². The molecule has 0 saturated carbocycles. The Bertz CT molecular complexity index is 193. The lowest BCUT2D eigenvalue weighted by molar-refractivity contribution is -0.120. The van der Waals surface area contributed by atoms with Crippen LogP contribution >= 0.6 is 0 Å². The molecule has 0 aliphatic heterocycles. The van der Waals surface area contributed by atoms with E-state index in [9.17, 15) is 4.79 Å². The first-order valence-electron chi connectivity index (χ1n) is 2.57. The first-order chi connectivity index (χ1) is 4.22. The molecule has 0 saturated heterocycles. The summed E-state index contributed by atoms with van der Waals surface area (Å²) in [4.78, 5) is 10.5. The molecule has 1 unspecified atom stereocenters. The van der Waals surface area contributed by atoms with Crippen LogP contribution < -0.4 is 5.73 Å². The number of ketones is 1. The van der Waals surface area contributed by atoms with Crippen LogP contribution in [0.15, 0.2) is 23.9 Å². The van der Waals surface area contributed by atoms with E-state index in [-0.39, 0.29) is 11.5 Å². The largest absolute Gasteiger partial charge is 0.400 e. The van der Waals surface area contributed by atoms with E-state index < -0.39 is 6.10 Å². The lowest BCUT2D eigenvalue weighted by Crippen LogP contribution is -2.27. The van der Waals surface area contributed by atoms with Crippen molar-refractivity contribution in [3.63, 3.8) is 0 Å². The van der Waals surface area contributed by atoms with Crippen molar-refractivity contribution in [3.05, 3.63) is 23.9 Å². The van der Waals surface area contributed by atoms with E-state index >= 15 is 0 Å². The monoisotopic (exact) mass is 125 g/mol. The zero-order valence-electron chi connectivity index (χ0n) is 4.74. The number of aliphatic hydroxyl groups excluding tert-OH is 1. The van der Waals surface area contributed by atoms with Crippen molar-refractivity contribution in [1.29, 1.82) is 0 Å². The lowest BCUT2D eigenvalue weighted by atomic mass is 10.1. The van der Waals surface area contributed by atoms with E-state index in [2.05, 4.69) is 0 Å². The van der Waals surface area contributed by atoms with Gasteiger partial charge in [-0.25, -0.2) is 0 Å². The molecule has 0 bridgehead atoms. The molecule has 1 aliphatic rings. The number of carbonyl (C=O) groups excluding carboxylic acids is 1. The van der Waals surface area contributed by atoms with Gasteiger partial charge in [-0.1, -0.05) is 6.08 Å². The van der Waals surface area contributed by atoms with E-state index in [1.165, 1.54) is 18.2 Å². The van der Waals surface area contributed by atoms with Gasteiger partial charge in [0.05, 0.1) is 0 Å². The molecule has 0 fully saturated rings. The number of allylic oxidation sites excluding steroid dienone is 2. The lowest BCUT2D eigenvalue weighted by Gasteiger charge is -2.08. The fourth-order valence-electron chi connectivity index (χ4n) is 0.601. The van der Waals surface area contributed by atoms with Crippen LogP contribution in [0.1, 0.15) is 0 Å². The van der Waals surface area contributed by atoms with Gasteiger partial charge in [0.15, 0.2) is 11.9 Å². The Labute approximate surface area is 52.5 Å². The van der Waals surface area contributed by atoms with Crippen molar-refractivity contribution in [2.75, 3.05) is 0 Å². The molecule has 0 aromatic heterocycles. The van der Waals surface area contributed by atoms with Gasteiger partial charge in [-0.3, -0.25) is 4.79 Å². The van der Waals surface area contributed by atoms with Crippen LogP contribution in [0.25, 0.3) is 0 Å². The van der Waals surface area contributed by atoms with Gasteiger partial charge < -0.3 is 10.8 Å². The smallest absolute Gasteiger partial charge is 0.190 e. The zero-order valence-corrected chi connectivity index (χ0v) is 4.74. The number of rotatable bonds is 0. The van der Waals surface area contributed by atoms with Crippen molar-refractivity contribution >= 4 is 5.78 Å². The molecule has 0 aromatic carbocycles. The highest BCUT2D eigenvalue weighted by Crippen LogP contribution is 2.02. The Morgan fingerprint density at radius 2 is 2.33 bits per heavy atom. The maximum absolute atomic E-state index is 10.5. The summed E-state index contributed by atoms with van der Waals surface area (Å²) in [5.41, 5.74) is 5.42. The third kappa shape index (κ3) is 1.000. The predicted octanol–water partition coefficient (Wildman–Crippen LogP) is -0.671. The third-order valence-corrected chi connectivity index (χ3v) is 1.13. The minimum Gasteiger partial charge on any atom is -0.400 e. The minimum atomic E-state index is -1.12. The molecule has 3 heteroatoms. The molecule has 3 N–H and O–H groups in total. The SMILES string of the molecule is NC1=CC=CC(=O)C1O. The first kappa shape index (κ1) is 6.04. The van der Waals surface area contributed by atoms with Gasteiger partial charge in [0.25, 0.3) is 0 Å². The molecule has 1 rings (SSSR count). The first-order valence-corrected chi connectivity index (χ1v) is 2.57. The average molecular weight is 125 g/mol. The van der Waals surface area contributed by atoms with Crippen LogP contribution in [0.2, 0.25) is 0 Å². The summed E-state index contributed by atoms with van der Waals surface area (Å²) < 4.78 is 0. The molecule has 0 radical (unpaired) electrons. The fourth-order valence-corrected chi connectivity index (χ4v) is 0.601. The van der Waals surface area contributed by atoms with Gasteiger partial charge in [0.2, 0.25) is 0 Å². The number of hydrogen-bond acceptors (Lipinski definition) is 3. The van der Waals surface area contributed by atoms with E-state index in [0.29, 0.717) is 0 Å². The van der Waals surface area contributed by atoms with Crippen molar-refractivity contribution < 1.29 is 9.90 Å². The molecular formula is C6H7NO2. The second-order valence-corrected chi connectivity index (χ2v) is 1.83. The molecule has 0 heterocycles. The number of nitrogens with two attached hydrogens (primary N) is 1. The predicted molar refractivity (Wildman–Crippen MR) is 32.4 cm³/mol.